The fourth-order valence-electron chi connectivity index (χ4n) is 2.78. The molecule has 2 saturated heterocycles. The number of rotatable bonds is 3. The molecule has 0 aliphatic carbocycles. The molecule has 6 heteroatoms. The van der Waals surface area contributed by atoms with Crippen LogP contribution in [0.4, 0.5) is 4.79 Å². The lowest BCUT2D eigenvalue weighted by Crippen LogP contribution is -2.55. The summed E-state index contributed by atoms with van der Waals surface area (Å²) in [5, 5.41) is 11.8. The molecule has 2 bridgehead atoms. The van der Waals surface area contributed by atoms with Gasteiger partial charge in [0.25, 0.3) is 0 Å². The van der Waals surface area contributed by atoms with E-state index in [1.54, 1.807) is 0 Å². The number of aliphatic carboxylic acids is 1. The van der Waals surface area contributed by atoms with Crippen LogP contribution in [-0.2, 0) is 9.53 Å². The Hall–Kier alpha value is -1.30. The van der Waals surface area contributed by atoms with E-state index in [0.717, 1.165) is 19.3 Å². The van der Waals surface area contributed by atoms with Crippen molar-refractivity contribution in [3.05, 3.63) is 0 Å². The topological polar surface area (TPSA) is 78.9 Å². The molecule has 6 nitrogen and oxygen atoms in total. The normalized spacial score (nSPS) is 29.3. The SMILES string of the molecule is CC(C)(C)N(CC(=O)O)C(=O)NC1CC2CCC1O2. The number of hydrogen-bond acceptors (Lipinski definition) is 3. The quantitative estimate of drug-likeness (QED) is 0.807. The molecule has 0 saturated carbocycles. The first-order chi connectivity index (χ1) is 8.77. The van der Waals surface area contributed by atoms with Crippen molar-refractivity contribution >= 4 is 12.0 Å². The van der Waals surface area contributed by atoms with Crippen LogP contribution >= 0.6 is 0 Å². The van der Waals surface area contributed by atoms with Crippen molar-refractivity contribution < 1.29 is 19.4 Å². The van der Waals surface area contributed by atoms with Crippen molar-refractivity contribution in [2.75, 3.05) is 6.54 Å². The van der Waals surface area contributed by atoms with Gasteiger partial charge in [0.1, 0.15) is 6.54 Å². The maximum atomic E-state index is 12.3. The highest BCUT2D eigenvalue weighted by Crippen LogP contribution is 2.34. The van der Waals surface area contributed by atoms with Crippen LogP contribution in [0.2, 0.25) is 0 Å². The number of urea groups is 1. The number of nitrogens with zero attached hydrogens (tertiary/aromatic N) is 1. The Morgan fingerprint density at radius 1 is 1.37 bits per heavy atom. The Morgan fingerprint density at radius 2 is 2.05 bits per heavy atom. The molecule has 3 atom stereocenters. The minimum absolute atomic E-state index is 0.0184. The summed E-state index contributed by atoms with van der Waals surface area (Å²) in [6.45, 7) is 5.18. The van der Waals surface area contributed by atoms with Crippen molar-refractivity contribution in [1.29, 1.82) is 0 Å². The second kappa shape index (κ2) is 5.00. The van der Waals surface area contributed by atoms with E-state index in [1.807, 2.05) is 20.8 Å². The molecule has 2 aliphatic heterocycles. The van der Waals surface area contributed by atoms with Crippen LogP contribution in [-0.4, -0.2) is 52.3 Å². The third kappa shape index (κ3) is 3.18. The van der Waals surface area contributed by atoms with Gasteiger partial charge in [0.15, 0.2) is 0 Å². The first kappa shape index (κ1) is 14.1. The van der Waals surface area contributed by atoms with E-state index in [-0.39, 0.29) is 30.8 Å². The maximum Gasteiger partial charge on any atom is 0.323 e. The molecule has 108 valence electrons. The van der Waals surface area contributed by atoms with E-state index in [9.17, 15) is 9.59 Å². The standard InChI is InChI=1S/C13H22N2O4/c1-13(2,3)15(7-11(16)17)12(18)14-9-6-8-4-5-10(9)19-8/h8-10H,4-7H2,1-3H3,(H,14,18)(H,16,17). The average molecular weight is 270 g/mol. The highest BCUT2D eigenvalue weighted by Gasteiger charge is 2.42. The Balaban J connectivity index is 1.97. The van der Waals surface area contributed by atoms with Gasteiger partial charge in [-0.2, -0.15) is 0 Å². The second-order valence-corrected chi connectivity index (χ2v) is 6.32. The summed E-state index contributed by atoms with van der Waals surface area (Å²) < 4.78 is 5.68. The van der Waals surface area contributed by atoms with Crippen LogP contribution in [0.3, 0.4) is 0 Å². The second-order valence-electron chi connectivity index (χ2n) is 6.32. The van der Waals surface area contributed by atoms with E-state index in [2.05, 4.69) is 5.32 Å². The molecule has 0 aromatic carbocycles. The van der Waals surface area contributed by atoms with E-state index in [1.165, 1.54) is 4.90 Å². The first-order valence-corrected chi connectivity index (χ1v) is 6.73. The zero-order chi connectivity index (χ0) is 14.2. The average Bonchev–Trinajstić information content (AvgIpc) is 2.85. The largest absolute Gasteiger partial charge is 0.480 e. The van der Waals surface area contributed by atoms with Crippen LogP contribution in [0.15, 0.2) is 0 Å². The lowest BCUT2D eigenvalue weighted by Gasteiger charge is -2.35. The lowest BCUT2D eigenvalue weighted by molar-refractivity contribution is -0.138. The summed E-state index contributed by atoms with van der Waals surface area (Å²) in [5.74, 6) is -1.01. The molecular weight excluding hydrogens is 248 g/mol. The van der Waals surface area contributed by atoms with Crippen molar-refractivity contribution in [3.63, 3.8) is 0 Å². The van der Waals surface area contributed by atoms with Crippen molar-refractivity contribution in [3.8, 4) is 0 Å². The van der Waals surface area contributed by atoms with Crippen LogP contribution in [0, 0.1) is 0 Å². The van der Waals surface area contributed by atoms with Gasteiger partial charge in [0.2, 0.25) is 0 Å². The fraction of sp³-hybridized carbons (Fsp3) is 0.846. The third-order valence-electron chi connectivity index (χ3n) is 3.76. The number of amides is 2. The third-order valence-corrected chi connectivity index (χ3v) is 3.76. The maximum absolute atomic E-state index is 12.3. The van der Waals surface area contributed by atoms with E-state index in [4.69, 9.17) is 9.84 Å². The van der Waals surface area contributed by atoms with Crippen molar-refractivity contribution in [2.45, 2.75) is 63.8 Å². The number of carboxylic acids is 1. The van der Waals surface area contributed by atoms with E-state index >= 15 is 0 Å². The van der Waals surface area contributed by atoms with Gasteiger partial charge in [-0.1, -0.05) is 0 Å². The fourth-order valence-corrected chi connectivity index (χ4v) is 2.78. The monoisotopic (exact) mass is 270 g/mol. The molecule has 2 fully saturated rings. The molecular formula is C13H22N2O4. The Morgan fingerprint density at radius 3 is 2.47 bits per heavy atom. The molecule has 0 spiro atoms. The highest BCUT2D eigenvalue weighted by molar-refractivity contribution is 5.81. The summed E-state index contributed by atoms with van der Waals surface area (Å²) >= 11 is 0. The van der Waals surface area contributed by atoms with Gasteiger partial charge < -0.3 is 20.1 Å². The van der Waals surface area contributed by atoms with Gasteiger partial charge in [-0.15, -0.1) is 0 Å². The van der Waals surface area contributed by atoms with Gasteiger partial charge >= 0.3 is 12.0 Å². The smallest absolute Gasteiger partial charge is 0.323 e. The van der Waals surface area contributed by atoms with Gasteiger partial charge in [0.05, 0.1) is 18.2 Å². The molecule has 0 aromatic heterocycles. The zero-order valence-corrected chi connectivity index (χ0v) is 11.7. The molecule has 2 aliphatic rings. The Bertz CT molecular complexity index is 377. The number of nitrogens with one attached hydrogen (secondary N) is 1. The van der Waals surface area contributed by atoms with Crippen LogP contribution in [0.25, 0.3) is 0 Å². The number of hydrogen-bond donors (Lipinski definition) is 2. The summed E-state index contributed by atoms with van der Waals surface area (Å²) in [5.41, 5.74) is -0.527. The first-order valence-electron chi connectivity index (χ1n) is 6.73. The zero-order valence-electron chi connectivity index (χ0n) is 11.7. The molecule has 0 radical (unpaired) electrons. The van der Waals surface area contributed by atoms with Crippen LogP contribution in [0.1, 0.15) is 40.0 Å². The Kier molecular flexibility index (Phi) is 3.71. The predicted molar refractivity (Wildman–Crippen MR) is 68.9 cm³/mol. The molecule has 2 rings (SSSR count). The number of fused-ring (bicyclic) bond motifs is 2. The van der Waals surface area contributed by atoms with Crippen molar-refractivity contribution in [2.24, 2.45) is 0 Å². The highest BCUT2D eigenvalue weighted by atomic mass is 16.5. The number of carboxylic acid groups (broad SMARTS) is 1. The van der Waals surface area contributed by atoms with Gasteiger partial charge in [0, 0.05) is 5.54 Å². The van der Waals surface area contributed by atoms with Gasteiger partial charge in [-0.25, -0.2) is 4.79 Å². The molecule has 2 amide bonds. The number of ether oxygens (including phenoxy) is 1. The molecule has 2 heterocycles. The predicted octanol–water partition coefficient (Wildman–Crippen LogP) is 1.20. The van der Waals surface area contributed by atoms with Gasteiger partial charge in [-0.3, -0.25) is 4.79 Å². The summed E-state index contributed by atoms with van der Waals surface area (Å²) in [7, 11) is 0. The molecule has 2 N–H and O–H groups in total. The minimum atomic E-state index is -1.01. The van der Waals surface area contributed by atoms with Gasteiger partial charge in [-0.05, 0) is 40.0 Å². The summed E-state index contributed by atoms with van der Waals surface area (Å²) in [6.07, 6.45) is 3.24. The summed E-state index contributed by atoms with van der Waals surface area (Å²) in [6, 6.07) is -0.305. The molecule has 0 aromatic rings. The van der Waals surface area contributed by atoms with E-state index in [0.29, 0.717) is 0 Å². The van der Waals surface area contributed by atoms with Crippen LogP contribution in [0.5, 0.6) is 0 Å². The minimum Gasteiger partial charge on any atom is -0.480 e. The molecule has 3 unspecified atom stereocenters. The lowest BCUT2D eigenvalue weighted by atomic mass is 9.95. The molecule has 19 heavy (non-hydrogen) atoms. The summed E-state index contributed by atoms with van der Waals surface area (Å²) in [4.78, 5) is 24.5. The Labute approximate surface area is 113 Å². The number of carbonyl (C=O) groups is 2. The van der Waals surface area contributed by atoms with Crippen LogP contribution < -0.4 is 5.32 Å². The van der Waals surface area contributed by atoms with E-state index < -0.39 is 11.5 Å². The number of carbonyl (C=O) groups excluding carboxylic acids is 1. The van der Waals surface area contributed by atoms with Crippen molar-refractivity contribution in [1.82, 2.24) is 10.2 Å².